The molecule has 0 amide bonds. The topological polar surface area (TPSA) is 57.5 Å². The maximum Gasteiger partial charge on any atom is 0.335 e. The lowest BCUT2D eigenvalue weighted by Crippen LogP contribution is -1.96. The van der Waals surface area contributed by atoms with Crippen LogP contribution in [0.1, 0.15) is 15.9 Å². The number of carboxylic acids is 1. The second kappa shape index (κ2) is 4.49. The Kier molecular flexibility index (Phi) is 3.02. The largest absolute Gasteiger partial charge is 0.508 e. The summed E-state index contributed by atoms with van der Waals surface area (Å²) in [5, 5.41) is 18.4. The molecule has 0 aliphatic rings. The zero-order valence-electron chi connectivity index (χ0n) is 9.64. The molecule has 0 aliphatic heterocycles. The summed E-state index contributed by atoms with van der Waals surface area (Å²) in [4.78, 5) is 10.9. The third-order valence-electron chi connectivity index (χ3n) is 2.60. The van der Waals surface area contributed by atoms with Crippen LogP contribution in [0, 0.1) is 12.7 Å². The van der Waals surface area contributed by atoms with Crippen LogP contribution in [0.5, 0.6) is 5.75 Å². The van der Waals surface area contributed by atoms with E-state index >= 15 is 0 Å². The van der Waals surface area contributed by atoms with Crippen molar-refractivity contribution in [1.29, 1.82) is 0 Å². The Labute approximate surface area is 103 Å². The van der Waals surface area contributed by atoms with Gasteiger partial charge in [-0.3, -0.25) is 0 Å². The average molecular weight is 246 g/mol. The molecule has 2 aromatic rings. The van der Waals surface area contributed by atoms with E-state index in [4.69, 9.17) is 5.11 Å². The lowest BCUT2D eigenvalue weighted by Gasteiger charge is -2.06. The number of aromatic hydroxyl groups is 1. The van der Waals surface area contributed by atoms with Crippen molar-refractivity contribution in [3.05, 3.63) is 53.3 Å². The van der Waals surface area contributed by atoms with Crippen LogP contribution >= 0.6 is 0 Å². The molecule has 0 saturated carbocycles. The highest BCUT2D eigenvalue weighted by Gasteiger charge is 2.11. The molecule has 0 spiro atoms. The van der Waals surface area contributed by atoms with Gasteiger partial charge in [0.2, 0.25) is 0 Å². The maximum atomic E-state index is 13.8. The average Bonchev–Trinajstić information content (AvgIpc) is 2.27. The van der Waals surface area contributed by atoms with Gasteiger partial charge in [-0.05, 0) is 42.3 Å². The zero-order chi connectivity index (χ0) is 13.3. The van der Waals surface area contributed by atoms with Crippen molar-refractivity contribution in [2.75, 3.05) is 0 Å². The van der Waals surface area contributed by atoms with E-state index in [0.29, 0.717) is 5.56 Å². The van der Waals surface area contributed by atoms with Gasteiger partial charge in [-0.1, -0.05) is 12.1 Å². The lowest BCUT2D eigenvalue weighted by atomic mass is 10.0. The van der Waals surface area contributed by atoms with Crippen molar-refractivity contribution in [1.82, 2.24) is 0 Å². The number of aryl methyl sites for hydroxylation is 1. The number of carbonyl (C=O) groups is 1. The number of hydrogen-bond acceptors (Lipinski definition) is 2. The predicted octanol–water partition coefficient (Wildman–Crippen LogP) is 3.20. The smallest absolute Gasteiger partial charge is 0.335 e. The number of aromatic carboxylic acids is 1. The Balaban J connectivity index is 2.60. The summed E-state index contributed by atoms with van der Waals surface area (Å²) in [5.74, 6) is -1.82. The molecule has 2 N–H and O–H groups in total. The second-order valence-electron chi connectivity index (χ2n) is 4.06. The summed E-state index contributed by atoms with van der Waals surface area (Å²) in [5.41, 5.74) is 1.30. The first-order chi connectivity index (χ1) is 8.47. The summed E-state index contributed by atoms with van der Waals surface area (Å²) < 4.78 is 13.8. The fourth-order valence-electron chi connectivity index (χ4n) is 1.74. The number of halogens is 1. The molecule has 0 heterocycles. The second-order valence-corrected chi connectivity index (χ2v) is 4.06. The van der Waals surface area contributed by atoms with Crippen LogP contribution in [0.2, 0.25) is 0 Å². The van der Waals surface area contributed by atoms with E-state index in [1.54, 1.807) is 19.1 Å². The summed E-state index contributed by atoms with van der Waals surface area (Å²) in [6.07, 6.45) is 0. The van der Waals surface area contributed by atoms with Crippen LogP contribution in [-0.2, 0) is 0 Å². The number of phenolic OH excluding ortho intramolecular Hbond substituents is 1. The van der Waals surface area contributed by atoms with E-state index in [1.807, 2.05) is 0 Å². The van der Waals surface area contributed by atoms with E-state index in [9.17, 15) is 14.3 Å². The van der Waals surface area contributed by atoms with E-state index in [2.05, 4.69) is 0 Å². The zero-order valence-corrected chi connectivity index (χ0v) is 9.64. The first-order valence-corrected chi connectivity index (χ1v) is 5.31. The van der Waals surface area contributed by atoms with Gasteiger partial charge in [0.15, 0.2) is 0 Å². The Morgan fingerprint density at radius 1 is 1.17 bits per heavy atom. The molecule has 3 nitrogen and oxygen atoms in total. The molecule has 0 aromatic heterocycles. The summed E-state index contributed by atoms with van der Waals surface area (Å²) in [7, 11) is 0. The molecule has 0 bridgehead atoms. The molecule has 0 saturated heterocycles. The standard InChI is InChI=1S/C14H11FO3/c1-8-2-3-12(13(15)4-8)9-5-10(14(17)18)7-11(16)6-9/h2-7,16H,1H3,(H,17,18). The Morgan fingerprint density at radius 3 is 2.50 bits per heavy atom. The number of phenols is 1. The summed E-state index contributed by atoms with van der Waals surface area (Å²) in [6.45, 7) is 1.76. The van der Waals surface area contributed by atoms with Gasteiger partial charge in [-0.15, -0.1) is 0 Å². The maximum absolute atomic E-state index is 13.8. The molecular weight excluding hydrogens is 235 g/mol. The fourth-order valence-corrected chi connectivity index (χ4v) is 1.74. The minimum absolute atomic E-state index is 0.0787. The first kappa shape index (κ1) is 12.1. The van der Waals surface area contributed by atoms with Gasteiger partial charge in [0.1, 0.15) is 11.6 Å². The fraction of sp³-hybridized carbons (Fsp3) is 0.0714. The minimum Gasteiger partial charge on any atom is -0.508 e. The molecule has 18 heavy (non-hydrogen) atoms. The Hall–Kier alpha value is -2.36. The molecule has 4 heteroatoms. The molecule has 0 fully saturated rings. The van der Waals surface area contributed by atoms with Gasteiger partial charge in [-0.2, -0.15) is 0 Å². The monoisotopic (exact) mass is 246 g/mol. The van der Waals surface area contributed by atoms with Crippen molar-refractivity contribution in [3.63, 3.8) is 0 Å². The van der Waals surface area contributed by atoms with E-state index in [1.165, 1.54) is 18.2 Å². The third kappa shape index (κ3) is 2.32. The Bertz CT molecular complexity index is 620. The number of hydrogen-bond donors (Lipinski definition) is 2. The van der Waals surface area contributed by atoms with Gasteiger partial charge >= 0.3 is 5.97 Å². The van der Waals surface area contributed by atoms with Gasteiger partial charge in [0.25, 0.3) is 0 Å². The molecule has 2 aromatic carbocycles. The molecule has 92 valence electrons. The quantitative estimate of drug-likeness (QED) is 0.855. The molecule has 0 radical (unpaired) electrons. The summed E-state index contributed by atoms with van der Waals surface area (Å²) in [6, 6.07) is 8.43. The lowest BCUT2D eigenvalue weighted by molar-refractivity contribution is 0.0696. The van der Waals surface area contributed by atoms with Crippen molar-refractivity contribution >= 4 is 5.97 Å². The molecular formula is C14H11FO3. The predicted molar refractivity (Wildman–Crippen MR) is 65.2 cm³/mol. The normalized spacial score (nSPS) is 10.3. The third-order valence-corrected chi connectivity index (χ3v) is 2.60. The molecule has 0 unspecified atom stereocenters. The first-order valence-electron chi connectivity index (χ1n) is 5.31. The van der Waals surface area contributed by atoms with Gasteiger partial charge in [0.05, 0.1) is 5.56 Å². The highest BCUT2D eigenvalue weighted by atomic mass is 19.1. The summed E-state index contributed by atoms with van der Waals surface area (Å²) >= 11 is 0. The minimum atomic E-state index is -1.17. The van der Waals surface area contributed by atoms with Gasteiger partial charge in [-0.25, -0.2) is 9.18 Å². The van der Waals surface area contributed by atoms with Crippen molar-refractivity contribution in [2.45, 2.75) is 6.92 Å². The van der Waals surface area contributed by atoms with Crippen LogP contribution in [-0.4, -0.2) is 16.2 Å². The van der Waals surface area contributed by atoms with Crippen LogP contribution in [0.4, 0.5) is 4.39 Å². The number of rotatable bonds is 2. The van der Waals surface area contributed by atoms with Crippen molar-refractivity contribution in [3.8, 4) is 16.9 Å². The van der Waals surface area contributed by atoms with E-state index < -0.39 is 11.8 Å². The number of carboxylic acid groups (broad SMARTS) is 1. The SMILES string of the molecule is Cc1ccc(-c2cc(O)cc(C(=O)O)c2)c(F)c1. The highest BCUT2D eigenvalue weighted by molar-refractivity contribution is 5.90. The van der Waals surface area contributed by atoms with Crippen LogP contribution in [0.15, 0.2) is 36.4 Å². The van der Waals surface area contributed by atoms with Crippen LogP contribution < -0.4 is 0 Å². The van der Waals surface area contributed by atoms with Gasteiger partial charge in [0, 0.05) is 5.56 Å². The van der Waals surface area contributed by atoms with Crippen molar-refractivity contribution in [2.24, 2.45) is 0 Å². The van der Waals surface area contributed by atoms with Gasteiger partial charge < -0.3 is 10.2 Å². The van der Waals surface area contributed by atoms with E-state index in [-0.39, 0.29) is 16.9 Å². The molecule has 2 rings (SSSR count). The Morgan fingerprint density at radius 2 is 1.89 bits per heavy atom. The number of benzene rings is 2. The van der Waals surface area contributed by atoms with Crippen LogP contribution in [0.3, 0.4) is 0 Å². The molecule has 0 aliphatic carbocycles. The van der Waals surface area contributed by atoms with E-state index in [0.717, 1.165) is 11.6 Å². The van der Waals surface area contributed by atoms with Crippen LogP contribution in [0.25, 0.3) is 11.1 Å². The highest BCUT2D eigenvalue weighted by Crippen LogP contribution is 2.28. The molecule has 0 atom stereocenters. The van der Waals surface area contributed by atoms with Crippen molar-refractivity contribution < 1.29 is 19.4 Å².